The van der Waals surface area contributed by atoms with Crippen LogP contribution in [0.2, 0.25) is 18.1 Å². The van der Waals surface area contributed by atoms with Crippen molar-refractivity contribution in [2.24, 2.45) is 0 Å². The van der Waals surface area contributed by atoms with Gasteiger partial charge in [0.1, 0.15) is 17.6 Å². The van der Waals surface area contributed by atoms with Gasteiger partial charge >= 0.3 is 0 Å². The van der Waals surface area contributed by atoms with E-state index in [0.29, 0.717) is 19.9 Å². The van der Waals surface area contributed by atoms with Gasteiger partial charge in [-0.25, -0.2) is 4.98 Å². The molecule has 0 aliphatic rings. The van der Waals surface area contributed by atoms with E-state index in [1.165, 1.54) is 0 Å². The van der Waals surface area contributed by atoms with Crippen molar-refractivity contribution in [3.63, 3.8) is 0 Å². The van der Waals surface area contributed by atoms with E-state index in [4.69, 9.17) is 25.7 Å². The summed E-state index contributed by atoms with van der Waals surface area (Å²) in [7, 11) is -1.18. The van der Waals surface area contributed by atoms with Gasteiger partial charge in [-0.3, -0.25) is 4.57 Å². The molecule has 0 saturated carbocycles. The summed E-state index contributed by atoms with van der Waals surface area (Å²) in [4.78, 5) is 6.09. The molecule has 0 aliphatic carbocycles. The highest BCUT2D eigenvalue weighted by Gasteiger charge is 2.27. The van der Waals surface area contributed by atoms with Crippen molar-refractivity contribution >= 4 is 32.4 Å². The molecule has 0 radical (unpaired) electrons. The monoisotopic (exact) mass is 474 g/mol. The number of halogens is 1. The average Bonchev–Trinajstić information content (AvgIpc) is 3.05. The normalized spacial score (nSPS) is 12.0. The third-order valence-corrected chi connectivity index (χ3v) is 6.76. The van der Waals surface area contributed by atoms with Gasteiger partial charge < -0.3 is 9.16 Å². The van der Waals surface area contributed by atoms with E-state index in [0.717, 1.165) is 32.0 Å². The fraction of sp³-hybridized carbons (Fsp3) is 0.375. The molecule has 0 amide bonds. The van der Waals surface area contributed by atoms with Crippen molar-refractivity contribution in [1.82, 2.24) is 9.55 Å². The van der Waals surface area contributed by atoms with E-state index < -0.39 is 9.04 Å². The summed E-state index contributed by atoms with van der Waals surface area (Å²) < 4.78 is 14.4. The van der Waals surface area contributed by atoms with Crippen LogP contribution in [0.3, 0.4) is 0 Å². The lowest BCUT2D eigenvalue weighted by Crippen LogP contribution is -2.20. The summed E-state index contributed by atoms with van der Waals surface area (Å²) in [5.41, 5.74) is 1.98. The molecule has 0 unspecified atom stereocenters. The molecular weight excluding hydrogens is 444 g/mol. The lowest BCUT2D eigenvalue weighted by Gasteiger charge is -2.21. The zero-order valence-corrected chi connectivity index (χ0v) is 21.6. The molecule has 4 nitrogen and oxygen atoms in total. The van der Waals surface area contributed by atoms with Gasteiger partial charge in [0.15, 0.2) is 9.04 Å². The third kappa shape index (κ3) is 6.96. The highest BCUT2D eigenvalue weighted by Crippen LogP contribution is 2.36. The average molecular weight is 475 g/mol. The molecule has 0 atom stereocenters. The second-order valence-corrected chi connectivity index (χ2v) is 12.7. The second-order valence-electron chi connectivity index (χ2n) is 8.75. The molecule has 0 N–H and O–H groups in total. The second kappa shape index (κ2) is 10.8. The molecule has 166 valence electrons. The maximum absolute atomic E-state index is 6.24. The van der Waals surface area contributed by atoms with Crippen LogP contribution in [0.15, 0.2) is 64.5 Å². The quantitative estimate of drug-likeness (QED) is 0.325. The van der Waals surface area contributed by atoms with Crippen LogP contribution in [0.5, 0.6) is 0 Å². The van der Waals surface area contributed by atoms with E-state index in [-0.39, 0.29) is 5.41 Å². The van der Waals surface area contributed by atoms with Crippen molar-refractivity contribution in [3.8, 4) is 0 Å². The highest BCUT2D eigenvalue weighted by molar-refractivity contribution is 7.99. The van der Waals surface area contributed by atoms with Crippen LogP contribution < -0.4 is 0 Å². The Labute approximate surface area is 196 Å². The number of imidazole rings is 1. The van der Waals surface area contributed by atoms with E-state index in [1.54, 1.807) is 11.8 Å². The lowest BCUT2D eigenvalue weighted by atomic mass is 9.96. The highest BCUT2D eigenvalue weighted by atomic mass is 35.5. The fourth-order valence-electron chi connectivity index (χ4n) is 3.11. The van der Waals surface area contributed by atoms with E-state index >= 15 is 0 Å². The van der Waals surface area contributed by atoms with Crippen LogP contribution in [0.4, 0.5) is 0 Å². The summed E-state index contributed by atoms with van der Waals surface area (Å²) in [5, 5.41) is 1.77. The molecule has 7 heteroatoms. The van der Waals surface area contributed by atoms with Crippen LogP contribution >= 0.6 is 23.4 Å². The van der Waals surface area contributed by atoms with Crippen molar-refractivity contribution in [1.29, 1.82) is 0 Å². The van der Waals surface area contributed by atoms with Gasteiger partial charge in [0.2, 0.25) is 0 Å². The minimum Gasteiger partial charge on any atom is -0.415 e. The van der Waals surface area contributed by atoms with Gasteiger partial charge in [0, 0.05) is 15.3 Å². The summed E-state index contributed by atoms with van der Waals surface area (Å²) in [6, 6.07) is 18.1. The number of aromatic nitrogens is 2. The summed E-state index contributed by atoms with van der Waals surface area (Å²) in [6.45, 7) is 12.4. The number of hydrogen-bond acceptors (Lipinski definition) is 4. The van der Waals surface area contributed by atoms with Crippen LogP contribution in [0.1, 0.15) is 37.9 Å². The Morgan fingerprint density at radius 1 is 1.03 bits per heavy atom. The molecule has 0 saturated heterocycles. The number of hydrogen-bond donors (Lipinski definition) is 0. The van der Waals surface area contributed by atoms with Crippen molar-refractivity contribution in [2.45, 2.75) is 69.1 Å². The summed E-state index contributed by atoms with van der Waals surface area (Å²) in [6.07, 6.45) is 0. The first-order valence-corrected chi connectivity index (χ1v) is 14.5. The third-order valence-electron chi connectivity index (χ3n) is 4.56. The van der Waals surface area contributed by atoms with E-state index in [9.17, 15) is 0 Å². The van der Waals surface area contributed by atoms with Crippen LogP contribution in [-0.4, -0.2) is 18.6 Å². The molecular formula is C24H31ClN2O2SSi. The Bertz CT molecular complexity index is 987. The molecule has 0 bridgehead atoms. The molecule has 1 heterocycles. The minimum absolute atomic E-state index is 0.132. The van der Waals surface area contributed by atoms with Crippen molar-refractivity contribution < 1.29 is 9.16 Å². The Balaban J connectivity index is 1.94. The van der Waals surface area contributed by atoms with E-state index in [1.807, 2.05) is 36.4 Å². The van der Waals surface area contributed by atoms with Gasteiger partial charge in [0.05, 0.1) is 18.9 Å². The molecule has 2 aromatic carbocycles. The zero-order valence-electron chi connectivity index (χ0n) is 18.9. The summed E-state index contributed by atoms with van der Waals surface area (Å²) in [5.74, 6) is 0.995. The molecule has 3 aromatic rings. The van der Waals surface area contributed by atoms with Gasteiger partial charge in [-0.1, -0.05) is 80.5 Å². The maximum atomic E-state index is 6.24. The first-order valence-electron chi connectivity index (χ1n) is 10.5. The molecule has 31 heavy (non-hydrogen) atoms. The Kier molecular flexibility index (Phi) is 8.41. The molecule has 0 aliphatic heterocycles. The fourth-order valence-corrected chi connectivity index (χ4v) is 4.88. The number of benzene rings is 2. The number of ether oxygens (including phenoxy) is 1. The van der Waals surface area contributed by atoms with Crippen LogP contribution in [-0.2, 0) is 34.5 Å². The lowest BCUT2D eigenvalue weighted by molar-refractivity contribution is 0.0552. The molecule has 0 fully saturated rings. The smallest absolute Gasteiger partial charge is 0.171 e. The zero-order chi connectivity index (χ0) is 22.4. The number of rotatable bonds is 9. The predicted molar refractivity (Wildman–Crippen MR) is 131 cm³/mol. The van der Waals surface area contributed by atoms with Crippen LogP contribution in [0, 0.1) is 0 Å². The van der Waals surface area contributed by atoms with E-state index in [2.05, 4.69) is 56.6 Å². The van der Waals surface area contributed by atoms with Gasteiger partial charge in [-0.2, -0.15) is 0 Å². The van der Waals surface area contributed by atoms with Crippen LogP contribution in [0.25, 0.3) is 0 Å². The minimum atomic E-state index is -1.18. The largest absolute Gasteiger partial charge is 0.415 e. The topological polar surface area (TPSA) is 36.3 Å². The first-order chi connectivity index (χ1) is 14.7. The van der Waals surface area contributed by atoms with Gasteiger partial charge in [-0.15, -0.1) is 0 Å². The standard InChI is InChI=1S/C24H31ClN2O2SSi/c1-24(2,3)23-26-21(16-29-31(4)5)22(30-20-13-9-12-19(25)14-20)27(23)17-28-15-18-10-7-6-8-11-18/h6-14,31H,15-17H2,1-5H3. The molecule has 0 spiro atoms. The Hall–Kier alpha value is -1.57. The summed E-state index contributed by atoms with van der Waals surface area (Å²) >= 11 is 7.90. The van der Waals surface area contributed by atoms with Gasteiger partial charge in [0.25, 0.3) is 0 Å². The van der Waals surface area contributed by atoms with Crippen molar-refractivity contribution in [3.05, 3.63) is 76.7 Å². The predicted octanol–water partition coefficient (Wildman–Crippen LogP) is 6.66. The number of nitrogens with zero attached hydrogens (tertiary/aromatic N) is 2. The van der Waals surface area contributed by atoms with Crippen molar-refractivity contribution in [2.75, 3.05) is 0 Å². The SMILES string of the molecule is C[SiH](C)OCc1nc(C(C)(C)C)n(COCc2ccccc2)c1Sc1cccc(Cl)c1. The first kappa shape index (κ1) is 24.1. The molecule has 1 aromatic heterocycles. The maximum Gasteiger partial charge on any atom is 0.171 e. The van der Waals surface area contributed by atoms with Gasteiger partial charge in [-0.05, 0) is 36.9 Å². The Morgan fingerprint density at radius 3 is 2.42 bits per heavy atom. The molecule has 3 rings (SSSR count). The Morgan fingerprint density at radius 2 is 1.77 bits per heavy atom.